The number of fused-ring (bicyclic) bond motifs is 1. The number of rotatable bonds is 4. The molecular weight excluding hydrogens is 372 g/mol. The Morgan fingerprint density at radius 3 is 2.55 bits per heavy atom. The molecule has 0 aliphatic carbocycles. The molecule has 2 aromatic rings. The summed E-state index contributed by atoms with van der Waals surface area (Å²) in [6, 6.07) is 14.7. The van der Waals surface area contributed by atoms with E-state index in [1.54, 1.807) is 4.90 Å². The monoisotopic (exact) mass is 396 g/mol. The maximum atomic E-state index is 12.4. The lowest BCUT2D eigenvalue weighted by atomic mass is 10.1. The van der Waals surface area contributed by atoms with E-state index in [-0.39, 0.29) is 24.9 Å². The van der Waals surface area contributed by atoms with Crippen molar-refractivity contribution in [2.24, 2.45) is 0 Å². The molecule has 0 spiro atoms. The van der Waals surface area contributed by atoms with Crippen LogP contribution in [0.5, 0.6) is 11.5 Å². The minimum Gasteiger partial charge on any atom is -0.454 e. The van der Waals surface area contributed by atoms with Gasteiger partial charge in [-0.15, -0.1) is 0 Å². The van der Waals surface area contributed by atoms with Gasteiger partial charge in [0.05, 0.1) is 0 Å². The number of hydrogen-bond acceptors (Lipinski definition) is 4. The van der Waals surface area contributed by atoms with Crippen LogP contribution < -0.4 is 25.4 Å². The third kappa shape index (κ3) is 4.90. The zero-order valence-electron chi connectivity index (χ0n) is 16.0. The van der Waals surface area contributed by atoms with E-state index in [4.69, 9.17) is 9.47 Å². The van der Waals surface area contributed by atoms with Gasteiger partial charge in [-0.3, -0.25) is 0 Å². The van der Waals surface area contributed by atoms with E-state index >= 15 is 0 Å². The Hall–Kier alpha value is -3.42. The summed E-state index contributed by atoms with van der Waals surface area (Å²) >= 11 is 0. The van der Waals surface area contributed by atoms with Crippen LogP contribution in [-0.2, 0) is 6.54 Å². The van der Waals surface area contributed by atoms with Crippen molar-refractivity contribution in [3.8, 4) is 11.5 Å². The van der Waals surface area contributed by atoms with Gasteiger partial charge in [0.15, 0.2) is 11.5 Å². The van der Waals surface area contributed by atoms with Crippen LogP contribution in [0.2, 0.25) is 0 Å². The molecule has 0 atom stereocenters. The predicted molar refractivity (Wildman–Crippen MR) is 108 cm³/mol. The van der Waals surface area contributed by atoms with Gasteiger partial charge in [0.1, 0.15) is 0 Å². The Balaban J connectivity index is 1.19. The number of piperidine rings is 1. The average molecular weight is 396 g/mol. The van der Waals surface area contributed by atoms with E-state index < -0.39 is 0 Å². The normalized spacial score (nSPS) is 15.7. The van der Waals surface area contributed by atoms with Crippen LogP contribution >= 0.6 is 0 Å². The minimum atomic E-state index is -0.220. The standard InChI is InChI=1S/C21H24N4O4/c26-20(23-16-4-2-1-3-5-16)24-17-8-10-25(11-9-17)21(27)22-13-15-6-7-18-19(12-15)29-14-28-18/h1-7,12,17H,8-11,13-14H2,(H,22,27)(H2,23,24,26). The second-order valence-electron chi connectivity index (χ2n) is 7.07. The maximum absolute atomic E-state index is 12.4. The smallest absolute Gasteiger partial charge is 0.319 e. The number of urea groups is 2. The number of hydrogen-bond donors (Lipinski definition) is 3. The summed E-state index contributed by atoms with van der Waals surface area (Å²) < 4.78 is 10.7. The van der Waals surface area contributed by atoms with Crippen molar-refractivity contribution in [1.29, 1.82) is 0 Å². The van der Waals surface area contributed by atoms with Crippen molar-refractivity contribution < 1.29 is 19.1 Å². The summed E-state index contributed by atoms with van der Waals surface area (Å²) in [4.78, 5) is 26.3. The Morgan fingerprint density at radius 1 is 1.00 bits per heavy atom. The number of para-hydroxylation sites is 1. The largest absolute Gasteiger partial charge is 0.454 e. The Bertz CT molecular complexity index is 866. The van der Waals surface area contributed by atoms with Gasteiger partial charge in [-0.25, -0.2) is 9.59 Å². The summed E-state index contributed by atoms with van der Waals surface area (Å²) in [7, 11) is 0. The molecule has 2 aliphatic heterocycles. The van der Waals surface area contributed by atoms with Crippen molar-refractivity contribution in [1.82, 2.24) is 15.5 Å². The summed E-state index contributed by atoms with van der Waals surface area (Å²) in [6.45, 7) is 1.86. The Kier molecular flexibility index (Phi) is 5.69. The molecule has 1 fully saturated rings. The summed E-state index contributed by atoms with van der Waals surface area (Å²) in [5, 5.41) is 8.73. The molecule has 3 N–H and O–H groups in total. The van der Waals surface area contributed by atoms with Crippen molar-refractivity contribution in [2.75, 3.05) is 25.2 Å². The second-order valence-corrected chi connectivity index (χ2v) is 7.07. The lowest BCUT2D eigenvalue weighted by molar-refractivity contribution is 0.173. The molecular formula is C21H24N4O4. The Labute approximate surface area is 169 Å². The average Bonchev–Trinajstić information content (AvgIpc) is 3.21. The Morgan fingerprint density at radius 2 is 1.76 bits per heavy atom. The number of carbonyl (C=O) groups is 2. The van der Waals surface area contributed by atoms with Crippen LogP contribution in [0, 0.1) is 0 Å². The van der Waals surface area contributed by atoms with Crippen molar-refractivity contribution in [3.05, 3.63) is 54.1 Å². The number of benzene rings is 2. The van der Waals surface area contributed by atoms with E-state index in [9.17, 15) is 9.59 Å². The molecule has 0 saturated carbocycles. The van der Waals surface area contributed by atoms with Gasteiger partial charge >= 0.3 is 12.1 Å². The first-order valence-electron chi connectivity index (χ1n) is 9.71. The lowest BCUT2D eigenvalue weighted by Crippen LogP contribution is -2.50. The van der Waals surface area contributed by atoms with Crippen LogP contribution in [-0.4, -0.2) is 42.9 Å². The fourth-order valence-electron chi connectivity index (χ4n) is 3.44. The molecule has 2 aromatic carbocycles. The van der Waals surface area contributed by atoms with Crippen LogP contribution in [0.3, 0.4) is 0 Å². The molecule has 152 valence electrons. The number of ether oxygens (including phenoxy) is 2. The second kappa shape index (κ2) is 8.72. The molecule has 8 nitrogen and oxygen atoms in total. The molecule has 4 amide bonds. The zero-order chi connectivity index (χ0) is 20.1. The fourth-order valence-corrected chi connectivity index (χ4v) is 3.44. The SMILES string of the molecule is O=C(Nc1ccccc1)NC1CCN(C(=O)NCc2ccc3c(c2)OCO3)CC1. The lowest BCUT2D eigenvalue weighted by Gasteiger charge is -2.32. The molecule has 29 heavy (non-hydrogen) atoms. The number of likely N-dealkylation sites (tertiary alicyclic amines) is 1. The van der Waals surface area contributed by atoms with Crippen LogP contribution in [0.1, 0.15) is 18.4 Å². The molecule has 0 unspecified atom stereocenters. The first kappa shape index (κ1) is 18.9. The predicted octanol–water partition coefficient (Wildman–Crippen LogP) is 2.91. The van der Waals surface area contributed by atoms with Crippen molar-refractivity contribution in [3.63, 3.8) is 0 Å². The summed E-state index contributed by atoms with van der Waals surface area (Å²) in [5.74, 6) is 1.43. The highest BCUT2D eigenvalue weighted by Gasteiger charge is 2.24. The van der Waals surface area contributed by atoms with Gasteiger partial charge < -0.3 is 30.3 Å². The van der Waals surface area contributed by atoms with Crippen molar-refractivity contribution >= 4 is 17.7 Å². The molecule has 1 saturated heterocycles. The molecule has 8 heteroatoms. The topological polar surface area (TPSA) is 91.9 Å². The highest BCUT2D eigenvalue weighted by molar-refractivity contribution is 5.89. The zero-order valence-corrected chi connectivity index (χ0v) is 16.0. The van der Waals surface area contributed by atoms with Gasteiger partial charge in [0.25, 0.3) is 0 Å². The molecule has 0 radical (unpaired) electrons. The van der Waals surface area contributed by atoms with E-state index in [1.807, 2.05) is 48.5 Å². The van der Waals surface area contributed by atoms with E-state index in [0.29, 0.717) is 25.4 Å². The number of carbonyl (C=O) groups excluding carboxylic acids is 2. The van der Waals surface area contributed by atoms with Crippen LogP contribution in [0.4, 0.5) is 15.3 Å². The van der Waals surface area contributed by atoms with Gasteiger partial charge in [-0.1, -0.05) is 24.3 Å². The first-order valence-corrected chi connectivity index (χ1v) is 9.71. The first-order chi connectivity index (χ1) is 14.2. The summed E-state index contributed by atoms with van der Waals surface area (Å²) in [5.41, 5.74) is 1.71. The van der Waals surface area contributed by atoms with Gasteiger partial charge in [-0.2, -0.15) is 0 Å². The number of amides is 4. The van der Waals surface area contributed by atoms with Crippen LogP contribution in [0.15, 0.2) is 48.5 Å². The van der Waals surface area contributed by atoms with E-state index in [2.05, 4.69) is 16.0 Å². The molecule has 2 heterocycles. The summed E-state index contributed by atoms with van der Waals surface area (Å²) in [6.07, 6.45) is 1.44. The maximum Gasteiger partial charge on any atom is 0.319 e. The van der Waals surface area contributed by atoms with Crippen LogP contribution in [0.25, 0.3) is 0 Å². The van der Waals surface area contributed by atoms with Gasteiger partial charge in [0.2, 0.25) is 6.79 Å². The number of anilines is 1. The fraction of sp³-hybridized carbons (Fsp3) is 0.333. The minimum absolute atomic E-state index is 0.0524. The van der Waals surface area contributed by atoms with Gasteiger partial charge in [0, 0.05) is 31.4 Å². The highest BCUT2D eigenvalue weighted by Crippen LogP contribution is 2.32. The van der Waals surface area contributed by atoms with E-state index in [1.165, 1.54) is 0 Å². The van der Waals surface area contributed by atoms with E-state index in [0.717, 1.165) is 29.8 Å². The third-order valence-corrected chi connectivity index (χ3v) is 5.03. The quantitative estimate of drug-likeness (QED) is 0.741. The highest BCUT2D eigenvalue weighted by atomic mass is 16.7. The number of nitrogens with one attached hydrogen (secondary N) is 3. The third-order valence-electron chi connectivity index (χ3n) is 5.03. The van der Waals surface area contributed by atoms with Gasteiger partial charge in [-0.05, 0) is 42.7 Å². The molecule has 0 bridgehead atoms. The molecule has 4 rings (SSSR count). The van der Waals surface area contributed by atoms with Crippen molar-refractivity contribution in [2.45, 2.75) is 25.4 Å². The number of nitrogens with zero attached hydrogens (tertiary/aromatic N) is 1. The molecule has 2 aliphatic rings. The molecule has 0 aromatic heterocycles.